The van der Waals surface area contributed by atoms with Crippen LogP contribution in [0.15, 0.2) is 35.1 Å². The molecule has 0 aliphatic carbocycles. The van der Waals surface area contributed by atoms with Gasteiger partial charge in [0.05, 0.1) is 5.52 Å². The third-order valence-corrected chi connectivity index (χ3v) is 3.28. The highest BCUT2D eigenvalue weighted by molar-refractivity contribution is 6.31. The molecule has 3 rings (SSSR count). The molecule has 0 aliphatic heterocycles. The lowest BCUT2D eigenvalue weighted by Gasteiger charge is -2.07. The molecule has 2 heterocycles. The van der Waals surface area contributed by atoms with E-state index in [9.17, 15) is 4.79 Å². The van der Waals surface area contributed by atoms with Gasteiger partial charge in [0.1, 0.15) is 0 Å². The van der Waals surface area contributed by atoms with Crippen LogP contribution in [0.25, 0.3) is 16.7 Å². The van der Waals surface area contributed by atoms with Crippen molar-refractivity contribution in [2.45, 2.75) is 13.8 Å². The summed E-state index contributed by atoms with van der Waals surface area (Å²) in [5, 5.41) is 4.65. The summed E-state index contributed by atoms with van der Waals surface area (Å²) < 4.78 is 1.44. The second kappa shape index (κ2) is 4.24. The summed E-state index contributed by atoms with van der Waals surface area (Å²) in [7, 11) is 0. The van der Waals surface area contributed by atoms with Crippen LogP contribution in [0, 0.1) is 13.8 Å². The van der Waals surface area contributed by atoms with Gasteiger partial charge in [0.15, 0.2) is 5.82 Å². The van der Waals surface area contributed by atoms with Crippen molar-refractivity contribution in [3.8, 4) is 5.82 Å². The van der Waals surface area contributed by atoms with E-state index in [1.165, 1.54) is 4.68 Å². The van der Waals surface area contributed by atoms with Crippen molar-refractivity contribution in [3.05, 3.63) is 57.0 Å². The van der Waals surface area contributed by atoms with Gasteiger partial charge in [-0.25, -0.2) is 9.67 Å². The first-order chi connectivity index (χ1) is 9.04. The number of benzene rings is 1. The molecule has 3 aromatic rings. The number of hydrogen-bond donors (Lipinski definition) is 1. The van der Waals surface area contributed by atoms with Crippen LogP contribution in [-0.4, -0.2) is 14.8 Å². The maximum atomic E-state index is 11.8. The Bertz CT molecular complexity index is 832. The fourth-order valence-electron chi connectivity index (χ4n) is 2.15. The summed E-state index contributed by atoms with van der Waals surface area (Å²) in [5.74, 6) is 0.588. The summed E-state index contributed by atoms with van der Waals surface area (Å²) >= 11 is 5.99. The molecule has 0 saturated carbocycles. The highest BCUT2D eigenvalue weighted by Crippen LogP contribution is 2.22. The summed E-state index contributed by atoms with van der Waals surface area (Å²) in [6.45, 7) is 3.82. The molecular weight excluding hydrogens is 262 g/mol. The number of fused-ring (bicyclic) bond motifs is 1. The number of halogens is 1. The first kappa shape index (κ1) is 12.0. The lowest BCUT2D eigenvalue weighted by molar-refractivity contribution is 0.810. The van der Waals surface area contributed by atoms with Crippen molar-refractivity contribution in [2.75, 3.05) is 0 Å². The number of pyridine rings is 1. The van der Waals surface area contributed by atoms with Crippen molar-refractivity contribution in [1.29, 1.82) is 0 Å². The number of rotatable bonds is 1. The fraction of sp³-hybridized carbons (Fsp3) is 0.143. The lowest BCUT2D eigenvalue weighted by Crippen LogP contribution is -2.15. The van der Waals surface area contributed by atoms with Gasteiger partial charge in [-0.05, 0) is 43.7 Å². The molecule has 0 spiro atoms. The molecule has 0 atom stereocenters. The molecule has 5 heteroatoms. The molecule has 0 unspecified atom stereocenters. The Balaban J connectivity index is 2.29. The van der Waals surface area contributed by atoms with Crippen molar-refractivity contribution in [3.63, 3.8) is 0 Å². The molecule has 0 saturated heterocycles. The van der Waals surface area contributed by atoms with E-state index in [0.717, 1.165) is 22.2 Å². The Hall–Kier alpha value is -2.07. The molecule has 19 heavy (non-hydrogen) atoms. The zero-order valence-corrected chi connectivity index (χ0v) is 11.3. The van der Waals surface area contributed by atoms with E-state index in [0.29, 0.717) is 10.8 Å². The minimum atomic E-state index is -0.113. The van der Waals surface area contributed by atoms with Crippen LogP contribution in [0.5, 0.6) is 0 Å². The highest BCUT2D eigenvalue weighted by atomic mass is 35.5. The Morgan fingerprint density at radius 3 is 2.68 bits per heavy atom. The minimum absolute atomic E-state index is 0.113. The zero-order valence-electron chi connectivity index (χ0n) is 10.6. The largest absolute Gasteiger partial charge is 0.294 e. The smallest absolute Gasteiger partial charge is 0.272 e. The molecule has 2 aromatic heterocycles. The van der Waals surface area contributed by atoms with Crippen LogP contribution >= 0.6 is 11.6 Å². The molecule has 0 radical (unpaired) electrons. The average Bonchev–Trinajstić information content (AvgIpc) is 2.69. The van der Waals surface area contributed by atoms with Crippen LogP contribution in [0.2, 0.25) is 5.02 Å². The normalized spacial score (nSPS) is 11.1. The van der Waals surface area contributed by atoms with E-state index < -0.39 is 0 Å². The Morgan fingerprint density at radius 1 is 1.21 bits per heavy atom. The standard InChI is InChI=1S/C14H12ClN3O/c1-8-5-13(18-14(19)6-9(2)17-18)16-12-4-3-10(15)7-11(8)12/h3-7,17H,1-2H3. The number of aryl methyl sites for hydroxylation is 2. The van der Waals surface area contributed by atoms with Crippen LogP contribution in [0.3, 0.4) is 0 Å². The third kappa shape index (κ3) is 2.04. The van der Waals surface area contributed by atoms with Gasteiger partial charge in [0.2, 0.25) is 0 Å². The van der Waals surface area contributed by atoms with Gasteiger partial charge in [0, 0.05) is 22.2 Å². The van der Waals surface area contributed by atoms with Gasteiger partial charge in [-0.3, -0.25) is 9.89 Å². The van der Waals surface area contributed by atoms with E-state index in [2.05, 4.69) is 10.1 Å². The van der Waals surface area contributed by atoms with E-state index in [1.54, 1.807) is 12.1 Å². The van der Waals surface area contributed by atoms with E-state index in [4.69, 9.17) is 11.6 Å². The second-order valence-corrected chi connectivity index (χ2v) is 5.01. The minimum Gasteiger partial charge on any atom is -0.294 e. The Morgan fingerprint density at radius 2 is 2.00 bits per heavy atom. The van der Waals surface area contributed by atoms with Gasteiger partial charge in [-0.2, -0.15) is 0 Å². The van der Waals surface area contributed by atoms with Gasteiger partial charge in [-0.15, -0.1) is 0 Å². The molecule has 96 valence electrons. The lowest BCUT2D eigenvalue weighted by atomic mass is 10.1. The number of nitrogens with zero attached hydrogens (tertiary/aromatic N) is 2. The van der Waals surface area contributed by atoms with Gasteiger partial charge in [0.25, 0.3) is 5.56 Å². The first-order valence-electron chi connectivity index (χ1n) is 5.90. The molecule has 0 bridgehead atoms. The zero-order chi connectivity index (χ0) is 13.6. The molecule has 1 aromatic carbocycles. The molecule has 0 fully saturated rings. The van der Waals surface area contributed by atoms with Crippen LogP contribution in [0.4, 0.5) is 0 Å². The third-order valence-electron chi connectivity index (χ3n) is 3.04. The van der Waals surface area contributed by atoms with Crippen molar-refractivity contribution in [2.24, 2.45) is 0 Å². The summed E-state index contributed by atoms with van der Waals surface area (Å²) in [5.41, 5.74) is 2.54. The van der Waals surface area contributed by atoms with Crippen LogP contribution in [-0.2, 0) is 0 Å². The number of nitrogens with one attached hydrogen (secondary N) is 1. The topological polar surface area (TPSA) is 50.7 Å². The van der Waals surface area contributed by atoms with Gasteiger partial charge < -0.3 is 0 Å². The molecule has 0 amide bonds. The Kier molecular flexibility index (Phi) is 2.68. The van der Waals surface area contributed by atoms with Gasteiger partial charge >= 0.3 is 0 Å². The van der Waals surface area contributed by atoms with Crippen LogP contribution < -0.4 is 5.56 Å². The second-order valence-electron chi connectivity index (χ2n) is 4.57. The summed E-state index contributed by atoms with van der Waals surface area (Å²) in [6.07, 6.45) is 0. The number of aromatic nitrogens is 3. The fourth-order valence-corrected chi connectivity index (χ4v) is 2.32. The Labute approximate surface area is 114 Å². The van der Waals surface area contributed by atoms with E-state index in [1.807, 2.05) is 32.0 Å². The maximum Gasteiger partial charge on any atom is 0.272 e. The van der Waals surface area contributed by atoms with Crippen LogP contribution in [0.1, 0.15) is 11.3 Å². The van der Waals surface area contributed by atoms with E-state index >= 15 is 0 Å². The highest BCUT2D eigenvalue weighted by Gasteiger charge is 2.08. The van der Waals surface area contributed by atoms with Crippen molar-refractivity contribution >= 4 is 22.5 Å². The summed E-state index contributed by atoms with van der Waals surface area (Å²) in [4.78, 5) is 16.3. The number of hydrogen-bond acceptors (Lipinski definition) is 2. The maximum absolute atomic E-state index is 11.8. The van der Waals surface area contributed by atoms with Crippen molar-refractivity contribution < 1.29 is 0 Å². The number of H-pyrrole nitrogens is 1. The SMILES string of the molecule is Cc1cc(=O)n(-c2cc(C)c3cc(Cl)ccc3n2)[nH]1. The number of aromatic amines is 1. The molecule has 0 aliphatic rings. The van der Waals surface area contributed by atoms with Crippen molar-refractivity contribution in [1.82, 2.24) is 14.8 Å². The van der Waals surface area contributed by atoms with E-state index in [-0.39, 0.29) is 5.56 Å². The first-order valence-corrected chi connectivity index (χ1v) is 6.28. The monoisotopic (exact) mass is 273 g/mol. The predicted molar refractivity (Wildman–Crippen MR) is 76.2 cm³/mol. The molecule has 4 nitrogen and oxygen atoms in total. The predicted octanol–water partition coefficient (Wildman–Crippen LogP) is 2.98. The summed E-state index contributed by atoms with van der Waals surface area (Å²) in [6, 6.07) is 8.95. The molecule has 1 N–H and O–H groups in total. The molecular formula is C14H12ClN3O. The van der Waals surface area contributed by atoms with Gasteiger partial charge in [-0.1, -0.05) is 11.6 Å². The quantitative estimate of drug-likeness (QED) is 0.741. The average molecular weight is 274 g/mol.